The molecule has 0 spiro atoms. The van der Waals surface area contributed by atoms with Crippen molar-refractivity contribution in [1.82, 2.24) is 9.69 Å². The van der Waals surface area contributed by atoms with E-state index in [2.05, 4.69) is 9.69 Å². The Bertz CT molecular complexity index is 380. The van der Waals surface area contributed by atoms with Crippen LogP contribution >= 0.6 is 11.5 Å². The Kier molecular flexibility index (Phi) is 5.17. The Morgan fingerprint density at radius 1 is 1.65 bits per heavy atom. The first-order chi connectivity index (χ1) is 8.15. The third-order valence-corrected chi connectivity index (χ3v) is 3.33. The maximum Gasteiger partial charge on any atom is 0.257 e. The maximum atomic E-state index is 11.7. The number of hydrogen-bond acceptors (Lipinski definition) is 6. The van der Waals surface area contributed by atoms with E-state index in [4.69, 9.17) is 10.8 Å². The van der Waals surface area contributed by atoms with E-state index in [9.17, 15) is 4.79 Å². The minimum Gasteiger partial charge on any atom is -0.396 e. The van der Waals surface area contributed by atoms with Crippen LogP contribution in [0.2, 0.25) is 0 Å². The Hall–Kier alpha value is -1.34. The van der Waals surface area contributed by atoms with Crippen LogP contribution in [0.4, 0.5) is 10.8 Å². The molecule has 0 aliphatic carbocycles. The summed E-state index contributed by atoms with van der Waals surface area (Å²) in [5.74, 6) is 0.0282. The zero-order valence-electron chi connectivity index (χ0n) is 10.1. The number of anilines is 2. The van der Waals surface area contributed by atoms with Gasteiger partial charge in [0.05, 0.1) is 0 Å². The highest BCUT2D eigenvalue weighted by molar-refractivity contribution is 7.11. The van der Waals surface area contributed by atoms with E-state index >= 15 is 0 Å². The lowest BCUT2D eigenvalue weighted by Gasteiger charge is -2.21. The molecular weight excluding hydrogens is 240 g/mol. The molecule has 0 saturated carbocycles. The van der Waals surface area contributed by atoms with E-state index in [1.165, 1.54) is 11.5 Å². The third-order valence-electron chi connectivity index (χ3n) is 2.41. The number of aliphatic hydroxyl groups is 1. The van der Waals surface area contributed by atoms with Crippen molar-refractivity contribution in [3.8, 4) is 0 Å². The van der Waals surface area contributed by atoms with Crippen LogP contribution in [-0.4, -0.2) is 42.1 Å². The number of aromatic nitrogens is 1. The van der Waals surface area contributed by atoms with Crippen molar-refractivity contribution in [3.05, 3.63) is 5.56 Å². The minimum absolute atomic E-state index is 0.125. The fourth-order valence-electron chi connectivity index (χ4n) is 1.51. The summed E-state index contributed by atoms with van der Waals surface area (Å²) in [5, 5.41) is 12.2. The predicted molar refractivity (Wildman–Crippen MR) is 69.5 cm³/mol. The van der Waals surface area contributed by atoms with Crippen LogP contribution in [0.3, 0.4) is 0 Å². The lowest BCUT2D eigenvalue weighted by molar-refractivity contribution is 0.0964. The molecule has 0 aromatic carbocycles. The Morgan fingerprint density at radius 2 is 2.35 bits per heavy atom. The molecule has 0 saturated heterocycles. The molecule has 17 heavy (non-hydrogen) atoms. The first-order valence-corrected chi connectivity index (χ1v) is 6.26. The van der Waals surface area contributed by atoms with Gasteiger partial charge >= 0.3 is 0 Å². The lowest BCUT2D eigenvalue weighted by atomic mass is 10.2. The van der Waals surface area contributed by atoms with Crippen LogP contribution in [0.15, 0.2) is 0 Å². The predicted octanol–water partition coefficient (Wildman–Crippen LogP) is 0.294. The van der Waals surface area contributed by atoms with E-state index in [0.717, 1.165) is 11.5 Å². The van der Waals surface area contributed by atoms with Crippen LogP contribution in [0.25, 0.3) is 0 Å². The largest absolute Gasteiger partial charge is 0.396 e. The number of rotatable bonds is 6. The zero-order chi connectivity index (χ0) is 12.8. The molecule has 4 N–H and O–H groups in total. The Labute approximate surface area is 105 Å². The summed E-state index contributed by atoms with van der Waals surface area (Å²) < 4.78 is 4.02. The quantitative estimate of drug-likeness (QED) is 0.682. The zero-order valence-corrected chi connectivity index (χ0v) is 10.9. The second kappa shape index (κ2) is 6.41. The van der Waals surface area contributed by atoms with Crippen molar-refractivity contribution >= 4 is 28.3 Å². The van der Waals surface area contributed by atoms with Crippen molar-refractivity contribution in [1.29, 1.82) is 0 Å². The van der Waals surface area contributed by atoms with Crippen LogP contribution in [-0.2, 0) is 0 Å². The molecule has 1 amide bonds. The van der Waals surface area contributed by atoms with Gasteiger partial charge in [-0.2, -0.15) is 4.37 Å². The SMILES string of the molecule is CCN(CCCO)c1snc(N)c1C(=O)NC. The van der Waals surface area contributed by atoms with Crippen molar-refractivity contribution in [2.75, 3.05) is 37.4 Å². The highest BCUT2D eigenvalue weighted by Crippen LogP contribution is 2.30. The van der Waals surface area contributed by atoms with E-state index in [-0.39, 0.29) is 18.3 Å². The van der Waals surface area contributed by atoms with Gasteiger partial charge in [-0.3, -0.25) is 4.79 Å². The molecule has 1 aromatic heterocycles. The van der Waals surface area contributed by atoms with E-state index < -0.39 is 0 Å². The second-order valence-corrected chi connectivity index (χ2v) is 4.24. The second-order valence-electron chi connectivity index (χ2n) is 3.48. The molecule has 7 heteroatoms. The Morgan fingerprint density at radius 3 is 2.88 bits per heavy atom. The van der Waals surface area contributed by atoms with E-state index in [1.807, 2.05) is 11.8 Å². The third kappa shape index (κ3) is 3.07. The normalized spacial score (nSPS) is 10.3. The molecule has 6 nitrogen and oxygen atoms in total. The molecule has 1 aromatic rings. The van der Waals surface area contributed by atoms with Gasteiger partial charge in [0.1, 0.15) is 10.6 Å². The van der Waals surface area contributed by atoms with Crippen molar-refractivity contribution in [2.24, 2.45) is 0 Å². The summed E-state index contributed by atoms with van der Waals surface area (Å²) in [6, 6.07) is 0. The van der Waals surface area contributed by atoms with Crippen molar-refractivity contribution in [2.45, 2.75) is 13.3 Å². The van der Waals surface area contributed by atoms with Gasteiger partial charge in [0, 0.05) is 26.7 Å². The summed E-state index contributed by atoms with van der Waals surface area (Å²) in [6.07, 6.45) is 0.652. The molecule has 0 radical (unpaired) electrons. The van der Waals surface area contributed by atoms with Gasteiger partial charge in [0.2, 0.25) is 0 Å². The minimum atomic E-state index is -0.228. The lowest BCUT2D eigenvalue weighted by Crippen LogP contribution is -2.27. The smallest absolute Gasteiger partial charge is 0.257 e. The van der Waals surface area contributed by atoms with Gasteiger partial charge in [-0.1, -0.05) is 0 Å². The maximum absolute atomic E-state index is 11.7. The molecule has 0 aliphatic heterocycles. The van der Waals surface area contributed by atoms with Gasteiger partial charge in [-0.05, 0) is 24.9 Å². The van der Waals surface area contributed by atoms with Gasteiger partial charge < -0.3 is 21.1 Å². The van der Waals surface area contributed by atoms with E-state index in [0.29, 0.717) is 18.5 Å². The van der Waals surface area contributed by atoms with Crippen LogP contribution < -0.4 is 16.0 Å². The highest BCUT2D eigenvalue weighted by Gasteiger charge is 2.21. The summed E-state index contributed by atoms with van der Waals surface area (Å²) >= 11 is 1.21. The molecule has 1 heterocycles. The highest BCUT2D eigenvalue weighted by atomic mass is 32.1. The molecule has 0 atom stereocenters. The molecule has 0 fully saturated rings. The van der Waals surface area contributed by atoms with Crippen LogP contribution in [0.1, 0.15) is 23.7 Å². The number of hydrogen-bond donors (Lipinski definition) is 3. The number of carbonyl (C=O) groups is 1. The number of nitrogens with one attached hydrogen (secondary N) is 1. The summed E-state index contributed by atoms with van der Waals surface area (Å²) in [7, 11) is 1.56. The Balaban J connectivity index is 2.98. The van der Waals surface area contributed by atoms with Crippen LogP contribution in [0, 0.1) is 0 Å². The standard InChI is InChI=1S/C10H18N4O2S/c1-3-14(5-4-6-15)10-7(9(16)12-2)8(11)13-17-10/h15H,3-6H2,1-2H3,(H2,11,13)(H,12,16). The summed E-state index contributed by atoms with van der Waals surface area (Å²) in [4.78, 5) is 13.7. The fraction of sp³-hybridized carbons (Fsp3) is 0.600. The summed E-state index contributed by atoms with van der Waals surface area (Å²) in [6.45, 7) is 3.53. The first kappa shape index (κ1) is 13.7. The number of nitrogens with two attached hydrogens (primary N) is 1. The summed E-state index contributed by atoms with van der Waals surface area (Å²) in [5.41, 5.74) is 6.13. The number of nitrogen functional groups attached to an aromatic ring is 1. The number of nitrogens with zero attached hydrogens (tertiary/aromatic N) is 2. The molecule has 0 bridgehead atoms. The fourth-order valence-corrected chi connectivity index (χ4v) is 2.41. The topological polar surface area (TPSA) is 91.5 Å². The average Bonchev–Trinajstić information content (AvgIpc) is 2.71. The number of carbonyl (C=O) groups excluding carboxylic acids is 1. The molecular formula is C10H18N4O2S. The van der Waals surface area contributed by atoms with Crippen molar-refractivity contribution < 1.29 is 9.90 Å². The van der Waals surface area contributed by atoms with Gasteiger partial charge in [0.15, 0.2) is 5.82 Å². The average molecular weight is 258 g/mol. The molecule has 96 valence electrons. The number of aliphatic hydroxyl groups excluding tert-OH is 1. The van der Waals surface area contributed by atoms with Crippen molar-refractivity contribution in [3.63, 3.8) is 0 Å². The van der Waals surface area contributed by atoms with Crippen LogP contribution in [0.5, 0.6) is 0 Å². The van der Waals surface area contributed by atoms with Gasteiger partial charge in [-0.15, -0.1) is 0 Å². The molecule has 1 rings (SSSR count). The molecule has 0 aliphatic rings. The number of amides is 1. The first-order valence-electron chi connectivity index (χ1n) is 5.48. The van der Waals surface area contributed by atoms with E-state index in [1.54, 1.807) is 7.05 Å². The molecule has 0 unspecified atom stereocenters. The monoisotopic (exact) mass is 258 g/mol. The van der Waals surface area contributed by atoms with Gasteiger partial charge in [0.25, 0.3) is 5.91 Å². The van der Waals surface area contributed by atoms with Gasteiger partial charge in [-0.25, -0.2) is 0 Å².